The van der Waals surface area contributed by atoms with Crippen LogP contribution in [0.1, 0.15) is 5.56 Å². The van der Waals surface area contributed by atoms with Crippen LogP contribution in [-0.2, 0) is 6.18 Å². The molecule has 8 heteroatoms. The van der Waals surface area contributed by atoms with E-state index in [0.29, 0.717) is 12.1 Å². The SMILES string of the molecule is Nc1c(Cl)cc(C(F)(F)F)cc1[N+](=O)[O-]. The fourth-order valence-corrected chi connectivity index (χ4v) is 1.13. The minimum absolute atomic E-state index is 0.348. The molecule has 0 aliphatic rings. The fourth-order valence-electron chi connectivity index (χ4n) is 0.918. The highest BCUT2D eigenvalue weighted by Gasteiger charge is 2.33. The summed E-state index contributed by atoms with van der Waals surface area (Å²) in [6.45, 7) is 0. The summed E-state index contributed by atoms with van der Waals surface area (Å²) in [5, 5.41) is 9.86. The van der Waals surface area contributed by atoms with Crippen molar-refractivity contribution in [2.24, 2.45) is 0 Å². The van der Waals surface area contributed by atoms with Crippen LogP contribution in [0, 0.1) is 10.1 Å². The Morgan fingerprint density at radius 2 is 1.93 bits per heavy atom. The Morgan fingerprint density at radius 3 is 2.33 bits per heavy atom. The molecule has 0 heterocycles. The van der Waals surface area contributed by atoms with E-state index in [1.54, 1.807) is 0 Å². The number of anilines is 1. The third-order valence-corrected chi connectivity index (χ3v) is 1.94. The molecule has 0 saturated heterocycles. The molecule has 0 unspecified atom stereocenters. The zero-order valence-electron chi connectivity index (χ0n) is 7.01. The number of nitro benzene ring substituents is 1. The summed E-state index contributed by atoms with van der Waals surface area (Å²) in [5.41, 5.74) is 2.63. The van der Waals surface area contributed by atoms with Gasteiger partial charge in [0.25, 0.3) is 5.69 Å². The van der Waals surface area contributed by atoms with Gasteiger partial charge in [0.05, 0.1) is 15.5 Å². The molecular formula is C7H4ClF3N2O2. The van der Waals surface area contributed by atoms with Crippen LogP contribution < -0.4 is 5.73 Å². The number of alkyl halides is 3. The molecule has 0 amide bonds. The maximum atomic E-state index is 12.2. The lowest BCUT2D eigenvalue weighted by Gasteiger charge is -2.08. The molecule has 1 rings (SSSR count). The summed E-state index contributed by atoms with van der Waals surface area (Å²) in [4.78, 5) is 9.34. The molecule has 1 aromatic carbocycles. The third-order valence-electron chi connectivity index (χ3n) is 1.63. The van der Waals surface area contributed by atoms with Gasteiger partial charge in [0.2, 0.25) is 0 Å². The number of nitrogen functional groups attached to an aromatic ring is 1. The number of nitrogens with zero attached hydrogens (tertiary/aromatic N) is 1. The molecule has 0 bridgehead atoms. The van der Waals surface area contributed by atoms with Crippen LogP contribution in [0.2, 0.25) is 5.02 Å². The Bertz CT molecular complexity index is 419. The summed E-state index contributed by atoms with van der Waals surface area (Å²) in [6.07, 6.45) is -4.69. The molecule has 15 heavy (non-hydrogen) atoms. The summed E-state index contributed by atoms with van der Waals surface area (Å²) < 4.78 is 36.7. The van der Waals surface area contributed by atoms with Gasteiger partial charge in [0.15, 0.2) is 0 Å². The third kappa shape index (κ3) is 2.30. The van der Waals surface area contributed by atoms with Crippen molar-refractivity contribution in [3.05, 3.63) is 32.8 Å². The van der Waals surface area contributed by atoms with Gasteiger partial charge in [-0.25, -0.2) is 0 Å². The Balaban J connectivity index is 3.43. The smallest absolute Gasteiger partial charge is 0.392 e. The number of nitrogens with two attached hydrogens (primary N) is 1. The second-order valence-electron chi connectivity index (χ2n) is 2.65. The van der Waals surface area contributed by atoms with Gasteiger partial charge in [0, 0.05) is 6.07 Å². The zero-order chi connectivity index (χ0) is 11.8. The molecule has 0 aliphatic heterocycles. The highest BCUT2D eigenvalue weighted by molar-refractivity contribution is 6.33. The van der Waals surface area contributed by atoms with Crippen LogP contribution in [0.5, 0.6) is 0 Å². The predicted molar refractivity (Wildman–Crippen MR) is 47.5 cm³/mol. The fraction of sp³-hybridized carbons (Fsp3) is 0.143. The van der Waals surface area contributed by atoms with Gasteiger partial charge in [-0.2, -0.15) is 13.2 Å². The van der Waals surface area contributed by atoms with E-state index in [4.69, 9.17) is 17.3 Å². The maximum absolute atomic E-state index is 12.2. The first-order valence-corrected chi connectivity index (χ1v) is 3.92. The van der Waals surface area contributed by atoms with E-state index in [0.717, 1.165) is 0 Å². The first-order valence-electron chi connectivity index (χ1n) is 3.54. The Labute approximate surface area is 86.6 Å². The lowest BCUT2D eigenvalue weighted by molar-refractivity contribution is -0.384. The molecule has 4 nitrogen and oxygen atoms in total. The Morgan fingerprint density at radius 1 is 1.40 bits per heavy atom. The topological polar surface area (TPSA) is 69.2 Å². The number of rotatable bonds is 1. The minimum atomic E-state index is -4.69. The van der Waals surface area contributed by atoms with Crippen molar-refractivity contribution in [2.45, 2.75) is 6.18 Å². The highest BCUT2D eigenvalue weighted by Crippen LogP contribution is 2.37. The van der Waals surface area contributed by atoms with Crippen molar-refractivity contribution in [2.75, 3.05) is 5.73 Å². The van der Waals surface area contributed by atoms with Gasteiger partial charge in [0.1, 0.15) is 5.69 Å². The van der Waals surface area contributed by atoms with Gasteiger partial charge >= 0.3 is 6.18 Å². The molecule has 1 aromatic rings. The first-order chi connectivity index (χ1) is 6.73. The Kier molecular flexibility index (Phi) is 2.76. The van der Waals surface area contributed by atoms with Crippen molar-refractivity contribution in [1.29, 1.82) is 0 Å². The van der Waals surface area contributed by atoms with Crippen LogP contribution >= 0.6 is 11.6 Å². The average molecular weight is 241 g/mol. The van der Waals surface area contributed by atoms with Crippen molar-refractivity contribution in [3.8, 4) is 0 Å². The highest BCUT2D eigenvalue weighted by atomic mass is 35.5. The normalized spacial score (nSPS) is 11.5. The molecule has 0 atom stereocenters. The summed E-state index contributed by atoms with van der Waals surface area (Å²) >= 11 is 5.34. The van der Waals surface area contributed by atoms with E-state index in [1.807, 2.05) is 0 Å². The van der Waals surface area contributed by atoms with Crippen LogP contribution in [0.4, 0.5) is 24.5 Å². The van der Waals surface area contributed by atoms with E-state index in [-0.39, 0.29) is 0 Å². The van der Waals surface area contributed by atoms with Crippen molar-refractivity contribution in [1.82, 2.24) is 0 Å². The maximum Gasteiger partial charge on any atom is 0.416 e. The van der Waals surface area contributed by atoms with Crippen LogP contribution in [0.15, 0.2) is 12.1 Å². The van der Waals surface area contributed by atoms with Gasteiger partial charge in [-0.1, -0.05) is 11.6 Å². The van der Waals surface area contributed by atoms with Crippen LogP contribution in [0.3, 0.4) is 0 Å². The number of hydrogen-bond donors (Lipinski definition) is 1. The van der Waals surface area contributed by atoms with E-state index in [2.05, 4.69) is 0 Å². The second kappa shape index (κ2) is 3.58. The number of hydrogen-bond acceptors (Lipinski definition) is 3. The van der Waals surface area contributed by atoms with Crippen LogP contribution in [-0.4, -0.2) is 4.92 Å². The minimum Gasteiger partial charge on any atom is -0.392 e. The molecule has 0 aromatic heterocycles. The molecule has 0 aliphatic carbocycles. The van der Waals surface area contributed by atoms with Gasteiger partial charge in [-0.3, -0.25) is 10.1 Å². The molecule has 82 valence electrons. The molecule has 0 spiro atoms. The lowest BCUT2D eigenvalue weighted by Crippen LogP contribution is -2.07. The standard InChI is InChI=1S/C7H4ClF3N2O2/c8-4-1-3(7(9,10)11)2-5(6(4)12)13(14)15/h1-2H,12H2. The lowest BCUT2D eigenvalue weighted by atomic mass is 10.1. The second-order valence-corrected chi connectivity index (χ2v) is 3.05. The average Bonchev–Trinajstić information content (AvgIpc) is 2.06. The Hall–Kier alpha value is -1.50. The van der Waals surface area contributed by atoms with E-state index in [1.165, 1.54) is 0 Å². The van der Waals surface area contributed by atoms with Gasteiger partial charge in [-0.05, 0) is 6.07 Å². The summed E-state index contributed by atoms with van der Waals surface area (Å²) in [6, 6.07) is 0.894. The molecule has 0 radical (unpaired) electrons. The van der Waals surface area contributed by atoms with Crippen molar-refractivity contribution < 1.29 is 18.1 Å². The van der Waals surface area contributed by atoms with Crippen molar-refractivity contribution in [3.63, 3.8) is 0 Å². The van der Waals surface area contributed by atoms with Gasteiger partial charge in [-0.15, -0.1) is 0 Å². The van der Waals surface area contributed by atoms with Crippen LogP contribution in [0.25, 0.3) is 0 Å². The molecular weight excluding hydrogens is 237 g/mol. The predicted octanol–water partition coefficient (Wildman–Crippen LogP) is 2.85. The quantitative estimate of drug-likeness (QED) is 0.466. The number of halogens is 4. The molecule has 2 N–H and O–H groups in total. The first kappa shape index (κ1) is 11.6. The summed E-state index contributed by atoms with van der Waals surface area (Å²) in [7, 11) is 0. The number of nitro groups is 1. The van der Waals surface area contributed by atoms with E-state index in [9.17, 15) is 23.3 Å². The molecule has 0 fully saturated rings. The summed E-state index contributed by atoms with van der Waals surface area (Å²) in [5.74, 6) is 0. The number of benzene rings is 1. The monoisotopic (exact) mass is 240 g/mol. The zero-order valence-corrected chi connectivity index (χ0v) is 7.76. The largest absolute Gasteiger partial charge is 0.416 e. The molecule has 0 saturated carbocycles. The van der Waals surface area contributed by atoms with E-state index < -0.39 is 33.1 Å². The van der Waals surface area contributed by atoms with Crippen molar-refractivity contribution >= 4 is 23.0 Å². The van der Waals surface area contributed by atoms with Gasteiger partial charge < -0.3 is 5.73 Å². The van der Waals surface area contributed by atoms with E-state index >= 15 is 0 Å².